The van der Waals surface area contributed by atoms with E-state index < -0.39 is 0 Å². The molecule has 3 heteroatoms. The highest BCUT2D eigenvalue weighted by Gasteiger charge is 2.12. The van der Waals surface area contributed by atoms with E-state index >= 15 is 0 Å². The normalized spacial score (nSPS) is 18.4. The van der Waals surface area contributed by atoms with Crippen molar-refractivity contribution in [2.45, 2.75) is 26.7 Å². The van der Waals surface area contributed by atoms with Gasteiger partial charge in [0.2, 0.25) is 0 Å². The van der Waals surface area contributed by atoms with Gasteiger partial charge in [0.05, 0.1) is 0 Å². The zero-order valence-corrected chi connectivity index (χ0v) is 11.0. The molecule has 1 saturated heterocycles. The van der Waals surface area contributed by atoms with Gasteiger partial charge in [-0.2, -0.15) is 0 Å². The van der Waals surface area contributed by atoms with Gasteiger partial charge in [0.25, 0.3) is 0 Å². The molecule has 1 rings (SSSR count). The smallest absolute Gasteiger partial charge is 0.0462 e. The van der Waals surface area contributed by atoms with Crippen molar-refractivity contribution < 1.29 is 4.74 Å². The Balaban J connectivity index is 0.000000921. The zero-order chi connectivity index (χ0) is 11.5. The fourth-order valence-corrected chi connectivity index (χ4v) is 1.65. The number of hydrogen-bond donors (Lipinski definition) is 0. The Kier molecular flexibility index (Phi) is 10.3. The topological polar surface area (TPSA) is 15.7 Å². The van der Waals surface area contributed by atoms with Crippen molar-refractivity contribution in [1.82, 2.24) is 9.80 Å². The van der Waals surface area contributed by atoms with Gasteiger partial charge in [0.15, 0.2) is 0 Å². The number of nitrogens with zero attached hydrogens (tertiary/aromatic N) is 2. The lowest BCUT2D eigenvalue weighted by atomic mass is 10.2. The monoisotopic (exact) mass is 216 g/mol. The van der Waals surface area contributed by atoms with E-state index in [0.29, 0.717) is 0 Å². The van der Waals surface area contributed by atoms with Crippen molar-refractivity contribution in [1.29, 1.82) is 0 Å². The van der Waals surface area contributed by atoms with Crippen molar-refractivity contribution in [3.05, 3.63) is 0 Å². The summed E-state index contributed by atoms with van der Waals surface area (Å²) in [5, 5.41) is 0. The summed E-state index contributed by atoms with van der Waals surface area (Å²) in [5.74, 6) is 0. The molecule has 0 bridgehead atoms. The van der Waals surface area contributed by atoms with E-state index in [9.17, 15) is 0 Å². The van der Waals surface area contributed by atoms with Gasteiger partial charge in [-0.1, -0.05) is 13.8 Å². The first kappa shape index (κ1) is 14.9. The Morgan fingerprint density at radius 1 is 1.00 bits per heavy atom. The number of likely N-dealkylation sites (N-methyl/N-ethyl adjacent to an activating group) is 1. The Morgan fingerprint density at radius 2 is 1.60 bits per heavy atom. The summed E-state index contributed by atoms with van der Waals surface area (Å²) in [4.78, 5) is 4.95. The number of ether oxygens (including phenoxy) is 1. The lowest BCUT2D eigenvalue weighted by Crippen LogP contribution is -2.44. The van der Waals surface area contributed by atoms with Crippen LogP contribution >= 0.6 is 0 Å². The van der Waals surface area contributed by atoms with E-state index in [0.717, 1.165) is 6.61 Å². The molecule has 0 aliphatic carbocycles. The molecular weight excluding hydrogens is 188 g/mol. The van der Waals surface area contributed by atoms with Gasteiger partial charge in [0, 0.05) is 39.9 Å². The van der Waals surface area contributed by atoms with Gasteiger partial charge in [-0.05, 0) is 26.4 Å². The minimum absolute atomic E-state index is 0.910. The molecule has 0 aromatic heterocycles. The molecule has 1 aliphatic heterocycles. The van der Waals surface area contributed by atoms with Crippen LogP contribution in [0.2, 0.25) is 0 Å². The second kappa shape index (κ2) is 10.4. The number of piperazine rings is 1. The predicted octanol–water partition coefficient (Wildman–Crippen LogP) is 1.69. The van der Waals surface area contributed by atoms with Crippen LogP contribution in [0.3, 0.4) is 0 Å². The Bertz CT molecular complexity index is 123. The van der Waals surface area contributed by atoms with Crippen LogP contribution < -0.4 is 0 Å². The van der Waals surface area contributed by atoms with Gasteiger partial charge in [0.1, 0.15) is 0 Å². The van der Waals surface area contributed by atoms with E-state index in [1.54, 1.807) is 7.11 Å². The maximum Gasteiger partial charge on any atom is 0.0462 e. The van der Waals surface area contributed by atoms with E-state index in [1.807, 2.05) is 13.8 Å². The first-order chi connectivity index (χ1) is 7.33. The van der Waals surface area contributed by atoms with Gasteiger partial charge in [-0.3, -0.25) is 0 Å². The van der Waals surface area contributed by atoms with Crippen LogP contribution in [0.5, 0.6) is 0 Å². The quantitative estimate of drug-likeness (QED) is 0.650. The molecule has 0 aromatic carbocycles. The Morgan fingerprint density at radius 3 is 2.13 bits per heavy atom. The predicted molar refractivity (Wildman–Crippen MR) is 66.4 cm³/mol. The third kappa shape index (κ3) is 7.77. The molecule has 1 heterocycles. The number of hydrogen-bond acceptors (Lipinski definition) is 3. The maximum atomic E-state index is 5.02. The van der Waals surface area contributed by atoms with Crippen LogP contribution in [-0.4, -0.2) is 63.3 Å². The lowest BCUT2D eigenvalue weighted by Gasteiger charge is -2.32. The van der Waals surface area contributed by atoms with Crippen molar-refractivity contribution in [2.24, 2.45) is 0 Å². The second-order valence-electron chi connectivity index (χ2n) is 3.84. The van der Waals surface area contributed by atoms with Crippen molar-refractivity contribution in [3.8, 4) is 0 Å². The van der Waals surface area contributed by atoms with Crippen LogP contribution in [0.25, 0.3) is 0 Å². The summed E-state index contributed by atoms with van der Waals surface area (Å²) in [6.45, 7) is 11.1. The zero-order valence-electron chi connectivity index (χ0n) is 11.0. The van der Waals surface area contributed by atoms with E-state index in [1.165, 1.54) is 45.6 Å². The fraction of sp³-hybridized carbons (Fsp3) is 1.00. The summed E-state index contributed by atoms with van der Waals surface area (Å²) in [6.07, 6.45) is 2.47. The highest BCUT2D eigenvalue weighted by atomic mass is 16.5. The molecule has 0 saturated carbocycles. The third-order valence-electron chi connectivity index (χ3n) is 2.67. The molecule has 1 aliphatic rings. The SMILES string of the molecule is CC.COCCCCN1CCN(C)CC1. The molecule has 0 amide bonds. The van der Waals surface area contributed by atoms with E-state index in [-0.39, 0.29) is 0 Å². The molecule has 0 spiro atoms. The number of rotatable bonds is 5. The molecule has 15 heavy (non-hydrogen) atoms. The Hall–Kier alpha value is -0.120. The molecule has 92 valence electrons. The van der Waals surface area contributed by atoms with E-state index in [4.69, 9.17) is 4.74 Å². The highest BCUT2D eigenvalue weighted by molar-refractivity contribution is 4.68. The molecule has 3 nitrogen and oxygen atoms in total. The summed E-state index contributed by atoms with van der Waals surface area (Å²) in [5.41, 5.74) is 0. The average Bonchev–Trinajstić information content (AvgIpc) is 2.30. The first-order valence-corrected chi connectivity index (χ1v) is 6.23. The second-order valence-corrected chi connectivity index (χ2v) is 3.84. The fourth-order valence-electron chi connectivity index (χ4n) is 1.65. The first-order valence-electron chi connectivity index (χ1n) is 6.23. The van der Waals surface area contributed by atoms with Gasteiger partial charge < -0.3 is 14.5 Å². The summed E-state index contributed by atoms with van der Waals surface area (Å²) < 4.78 is 5.02. The van der Waals surface area contributed by atoms with Crippen LogP contribution in [-0.2, 0) is 4.74 Å². The molecule has 0 unspecified atom stereocenters. The van der Waals surface area contributed by atoms with E-state index in [2.05, 4.69) is 16.8 Å². The molecule has 0 radical (unpaired) electrons. The minimum Gasteiger partial charge on any atom is -0.385 e. The van der Waals surface area contributed by atoms with Crippen LogP contribution in [0.1, 0.15) is 26.7 Å². The van der Waals surface area contributed by atoms with Gasteiger partial charge >= 0.3 is 0 Å². The molecule has 0 N–H and O–H groups in total. The maximum absolute atomic E-state index is 5.02. The number of methoxy groups -OCH3 is 1. The molecule has 1 fully saturated rings. The lowest BCUT2D eigenvalue weighted by molar-refractivity contribution is 0.143. The van der Waals surface area contributed by atoms with Crippen LogP contribution in [0.15, 0.2) is 0 Å². The van der Waals surface area contributed by atoms with Crippen molar-refractivity contribution in [2.75, 3.05) is 53.5 Å². The Labute approximate surface area is 95.4 Å². The van der Waals surface area contributed by atoms with Crippen LogP contribution in [0.4, 0.5) is 0 Å². The average molecular weight is 216 g/mol. The van der Waals surface area contributed by atoms with Gasteiger partial charge in [-0.25, -0.2) is 0 Å². The van der Waals surface area contributed by atoms with Crippen molar-refractivity contribution in [3.63, 3.8) is 0 Å². The summed E-state index contributed by atoms with van der Waals surface area (Å²) in [6, 6.07) is 0. The number of unbranched alkanes of at least 4 members (excludes halogenated alkanes) is 1. The standard InChI is InChI=1S/C10H22N2O.C2H6/c1-11-6-8-12(9-7-11)5-3-4-10-13-2;1-2/h3-10H2,1-2H3;1-2H3. The molecular formula is C12H28N2O. The molecule has 0 aromatic rings. The molecule has 0 atom stereocenters. The third-order valence-corrected chi connectivity index (χ3v) is 2.67. The van der Waals surface area contributed by atoms with Crippen LogP contribution in [0, 0.1) is 0 Å². The highest BCUT2D eigenvalue weighted by Crippen LogP contribution is 2.01. The van der Waals surface area contributed by atoms with Crippen molar-refractivity contribution >= 4 is 0 Å². The largest absolute Gasteiger partial charge is 0.385 e. The summed E-state index contributed by atoms with van der Waals surface area (Å²) >= 11 is 0. The summed E-state index contributed by atoms with van der Waals surface area (Å²) in [7, 11) is 3.97. The minimum atomic E-state index is 0.910. The van der Waals surface area contributed by atoms with Gasteiger partial charge in [-0.15, -0.1) is 0 Å².